The minimum absolute atomic E-state index is 0.109. The molecule has 7 heteroatoms. The van der Waals surface area contributed by atoms with E-state index < -0.39 is 16.7 Å². The Morgan fingerprint density at radius 1 is 1.29 bits per heavy atom. The maximum Gasteiger partial charge on any atom is 0.336 e. The van der Waals surface area contributed by atoms with E-state index >= 15 is 0 Å². The molecular formula is C14H11FN2O4. The van der Waals surface area contributed by atoms with Crippen LogP contribution in [0.25, 0.3) is 0 Å². The van der Waals surface area contributed by atoms with Crippen molar-refractivity contribution in [3.63, 3.8) is 0 Å². The van der Waals surface area contributed by atoms with Crippen LogP contribution >= 0.6 is 0 Å². The summed E-state index contributed by atoms with van der Waals surface area (Å²) in [6, 6.07) is 7.99. The van der Waals surface area contributed by atoms with E-state index in [9.17, 15) is 19.3 Å². The van der Waals surface area contributed by atoms with Crippen molar-refractivity contribution in [2.24, 2.45) is 0 Å². The summed E-state index contributed by atoms with van der Waals surface area (Å²) >= 11 is 0. The first kappa shape index (κ1) is 14.4. The van der Waals surface area contributed by atoms with Crippen molar-refractivity contribution in [1.29, 1.82) is 0 Å². The average molecular weight is 290 g/mol. The lowest BCUT2D eigenvalue weighted by Crippen LogP contribution is -2.04. The van der Waals surface area contributed by atoms with Gasteiger partial charge in [-0.3, -0.25) is 10.1 Å². The van der Waals surface area contributed by atoms with E-state index in [-0.39, 0.29) is 28.2 Å². The SMILES string of the molecule is Cc1c(Nc2ccccc2F)cc(C(=O)O)cc1[N+](=O)[O-]. The van der Waals surface area contributed by atoms with Gasteiger partial charge in [0, 0.05) is 11.8 Å². The molecule has 0 aliphatic heterocycles. The van der Waals surface area contributed by atoms with Gasteiger partial charge < -0.3 is 10.4 Å². The molecule has 0 fully saturated rings. The second-order valence-corrected chi connectivity index (χ2v) is 4.34. The zero-order valence-corrected chi connectivity index (χ0v) is 11.0. The van der Waals surface area contributed by atoms with Crippen molar-refractivity contribution in [1.82, 2.24) is 0 Å². The molecule has 2 aromatic carbocycles. The fourth-order valence-corrected chi connectivity index (χ4v) is 1.85. The largest absolute Gasteiger partial charge is 0.478 e. The van der Waals surface area contributed by atoms with Crippen LogP contribution in [-0.2, 0) is 0 Å². The third kappa shape index (κ3) is 2.97. The summed E-state index contributed by atoms with van der Waals surface area (Å²) < 4.78 is 13.6. The Kier molecular flexibility index (Phi) is 3.84. The second-order valence-electron chi connectivity index (χ2n) is 4.34. The zero-order valence-electron chi connectivity index (χ0n) is 11.0. The number of halogens is 1. The summed E-state index contributed by atoms with van der Waals surface area (Å²) in [7, 11) is 0. The molecule has 0 aromatic heterocycles. The van der Waals surface area contributed by atoms with Gasteiger partial charge in [0.2, 0.25) is 0 Å². The predicted octanol–water partition coefficient (Wildman–Crippen LogP) is 3.48. The van der Waals surface area contributed by atoms with Crippen LogP contribution in [0, 0.1) is 22.9 Å². The molecule has 0 saturated carbocycles. The number of nitro benzene ring substituents is 1. The Labute approximate surface area is 119 Å². The van der Waals surface area contributed by atoms with E-state index in [1.165, 1.54) is 31.2 Å². The van der Waals surface area contributed by atoms with Crippen molar-refractivity contribution in [2.75, 3.05) is 5.32 Å². The molecule has 0 aliphatic carbocycles. The van der Waals surface area contributed by atoms with Gasteiger partial charge in [0.25, 0.3) is 5.69 Å². The first-order valence-electron chi connectivity index (χ1n) is 5.94. The van der Waals surface area contributed by atoms with Crippen molar-refractivity contribution in [3.8, 4) is 0 Å². The molecule has 0 unspecified atom stereocenters. The van der Waals surface area contributed by atoms with Crippen LogP contribution in [0.2, 0.25) is 0 Å². The molecule has 108 valence electrons. The minimum Gasteiger partial charge on any atom is -0.478 e. The molecule has 2 aromatic rings. The van der Waals surface area contributed by atoms with Crippen LogP contribution < -0.4 is 5.32 Å². The molecule has 21 heavy (non-hydrogen) atoms. The number of anilines is 2. The normalized spacial score (nSPS) is 10.2. The highest BCUT2D eigenvalue weighted by Gasteiger charge is 2.19. The van der Waals surface area contributed by atoms with E-state index in [1.54, 1.807) is 6.07 Å². The molecule has 0 aliphatic rings. The van der Waals surface area contributed by atoms with Crippen molar-refractivity contribution >= 4 is 23.0 Å². The van der Waals surface area contributed by atoms with Gasteiger partial charge in [-0.25, -0.2) is 9.18 Å². The number of nitrogens with one attached hydrogen (secondary N) is 1. The first-order chi connectivity index (χ1) is 9.90. The molecular weight excluding hydrogens is 279 g/mol. The number of benzene rings is 2. The van der Waals surface area contributed by atoms with Gasteiger partial charge in [0.1, 0.15) is 5.82 Å². The van der Waals surface area contributed by atoms with Gasteiger partial charge in [0.05, 0.1) is 21.7 Å². The van der Waals surface area contributed by atoms with E-state index in [2.05, 4.69) is 5.32 Å². The van der Waals surface area contributed by atoms with Gasteiger partial charge >= 0.3 is 5.97 Å². The summed E-state index contributed by atoms with van der Waals surface area (Å²) in [5, 5.41) is 22.7. The molecule has 0 spiro atoms. The van der Waals surface area contributed by atoms with E-state index in [0.29, 0.717) is 0 Å². The maximum atomic E-state index is 13.6. The molecule has 0 bridgehead atoms. The summed E-state index contributed by atoms with van der Waals surface area (Å²) in [5.74, 6) is -1.84. The summed E-state index contributed by atoms with van der Waals surface area (Å²) in [6.07, 6.45) is 0. The predicted molar refractivity (Wildman–Crippen MR) is 74.5 cm³/mol. The number of nitro groups is 1. The van der Waals surface area contributed by atoms with Crippen LogP contribution in [0.15, 0.2) is 36.4 Å². The van der Waals surface area contributed by atoms with Crippen LogP contribution in [0.3, 0.4) is 0 Å². The maximum absolute atomic E-state index is 13.6. The van der Waals surface area contributed by atoms with Crippen LogP contribution in [0.5, 0.6) is 0 Å². The third-order valence-electron chi connectivity index (χ3n) is 2.97. The number of hydrogen-bond donors (Lipinski definition) is 2. The Morgan fingerprint density at radius 2 is 1.95 bits per heavy atom. The van der Waals surface area contributed by atoms with Crippen molar-refractivity contribution < 1.29 is 19.2 Å². The van der Waals surface area contributed by atoms with Gasteiger partial charge in [-0.1, -0.05) is 12.1 Å². The van der Waals surface area contributed by atoms with Gasteiger partial charge in [0.15, 0.2) is 0 Å². The fraction of sp³-hybridized carbons (Fsp3) is 0.0714. The van der Waals surface area contributed by atoms with Crippen molar-refractivity contribution in [2.45, 2.75) is 6.92 Å². The Hall–Kier alpha value is -2.96. The van der Waals surface area contributed by atoms with Gasteiger partial charge in [-0.2, -0.15) is 0 Å². The third-order valence-corrected chi connectivity index (χ3v) is 2.97. The molecule has 2 rings (SSSR count). The highest BCUT2D eigenvalue weighted by Crippen LogP contribution is 2.30. The number of carboxylic acids is 1. The lowest BCUT2D eigenvalue weighted by Gasteiger charge is -2.11. The fourth-order valence-electron chi connectivity index (χ4n) is 1.85. The lowest BCUT2D eigenvalue weighted by molar-refractivity contribution is -0.385. The first-order valence-corrected chi connectivity index (χ1v) is 5.94. The standard InChI is InChI=1S/C14H11FN2O4/c1-8-12(16-11-5-3-2-4-10(11)15)6-9(14(18)19)7-13(8)17(20)21/h2-7,16H,1H3,(H,18,19). The van der Waals surface area contributed by atoms with Gasteiger partial charge in [-0.05, 0) is 25.1 Å². The average Bonchev–Trinajstić information content (AvgIpc) is 2.42. The molecule has 0 heterocycles. The Balaban J connectivity index is 2.55. The number of hydrogen-bond acceptors (Lipinski definition) is 4. The highest BCUT2D eigenvalue weighted by atomic mass is 19.1. The zero-order chi connectivity index (χ0) is 15.6. The number of aromatic carboxylic acids is 1. The monoisotopic (exact) mass is 290 g/mol. The summed E-state index contributed by atoms with van der Waals surface area (Å²) in [4.78, 5) is 21.3. The Bertz CT molecular complexity index is 731. The molecule has 0 atom stereocenters. The van der Waals surface area contributed by atoms with E-state index in [4.69, 9.17) is 5.11 Å². The number of carbonyl (C=O) groups is 1. The smallest absolute Gasteiger partial charge is 0.336 e. The van der Waals surface area contributed by atoms with E-state index in [1.807, 2.05) is 0 Å². The number of para-hydroxylation sites is 1. The minimum atomic E-state index is -1.30. The Morgan fingerprint density at radius 3 is 2.52 bits per heavy atom. The molecule has 2 N–H and O–H groups in total. The van der Waals surface area contributed by atoms with Crippen molar-refractivity contribution in [3.05, 3.63) is 63.5 Å². The number of rotatable bonds is 4. The van der Waals surface area contributed by atoms with E-state index in [0.717, 1.165) is 6.07 Å². The van der Waals surface area contributed by atoms with Crippen LogP contribution in [0.4, 0.5) is 21.5 Å². The quantitative estimate of drug-likeness (QED) is 0.664. The second kappa shape index (κ2) is 5.58. The summed E-state index contributed by atoms with van der Waals surface area (Å²) in [5.41, 5.74) is -0.0720. The summed E-state index contributed by atoms with van der Waals surface area (Å²) in [6.45, 7) is 1.47. The number of carboxylic acid groups (broad SMARTS) is 1. The van der Waals surface area contributed by atoms with Crippen LogP contribution in [-0.4, -0.2) is 16.0 Å². The van der Waals surface area contributed by atoms with Gasteiger partial charge in [-0.15, -0.1) is 0 Å². The highest BCUT2D eigenvalue weighted by molar-refractivity contribution is 5.91. The lowest BCUT2D eigenvalue weighted by atomic mass is 10.1. The van der Waals surface area contributed by atoms with Crippen LogP contribution in [0.1, 0.15) is 15.9 Å². The molecule has 0 saturated heterocycles. The topological polar surface area (TPSA) is 92.5 Å². The number of nitrogens with zero attached hydrogens (tertiary/aromatic N) is 1. The molecule has 0 radical (unpaired) electrons. The molecule has 6 nitrogen and oxygen atoms in total. The molecule has 0 amide bonds.